The summed E-state index contributed by atoms with van der Waals surface area (Å²) in [5.74, 6) is 4.48. The zero-order chi connectivity index (χ0) is 14.1. The van der Waals surface area contributed by atoms with E-state index in [2.05, 4.69) is 14.9 Å². The lowest BCUT2D eigenvalue weighted by Gasteiger charge is -2.15. The summed E-state index contributed by atoms with van der Waals surface area (Å²) in [6.07, 6.45) is -0.0672. The predicted molar refractivity (Wildman–Crippen MR) is 68.6 cm³/mol. The highest BCUT2D eigenvalue weighted by Gasteiger charge is 2.14. The van der Waals surface area contributed by atoms with Crippen LogP contribution in [0.4, 0.5) is 0 Å². The van der Waals surface area contributed by atoms with Crippen LogP contribution in [0.5, 0.6) is 0 Å². The van der Waals surface area contributed by atoms with Gasteiger partial charge < -0.3 is 10.1 Å². The largest absolute Gasteiger partial charge is 0.469 e. The maximum Gasteiger partial charge on any atom is 0.305 e. The van der Waals surface area contributed by atoms with Crippen LogP contribution in [-0.2, 0) is 25.6 Å². The summed E-state index contributed by atoms with van der Waals surface area (Å²) >= 11 is 0. The van der Waals surface area contributed by atoms with Gasteiger partial charge in [-0.15, -0.1) is 0 Å². The Morgan fingerprint density at radius 2 is 2.00 bits per heavy atom. The first-order valence-electron chi connectivity index (χ1n) is 5.91. The molecule has 0 saturated heterocycles. The molecule has 0 radical (unpaired) electrons. The topological polar surface area (TPSA) is 90.6 Å². The number of methoxy groups -OCH3 is 1. The molecule has 6 heteroatoms. The van der Waals surface area contributed by atoms with Crippen molar-refractivity contribution in [2.45, 2.75) is 25.5 Å². The average molecular weight is 266 g/mol. The van der Waals surface area contributed by atoms with E-state index in [0.717, 1.165) is 5.56 Å². The third kappa shape index (κ3) is 5.98. The summed E-state index contributed by atoms with van der Waals surface area (Å²) in [5.41, 5.74) is 0.892. The Hall–Kier alpha value is -1.92. The van der Waals surface area contributed by atoms with Gasteiger partial charge in [0, 0.05) is 12.8 Å². The molecule has 104 valence electrons. The summed E-state index contributed by atoms with van der Waals surface area (Å²) in [6.45, 7) is 0. The van der Waals surface area contributed by atoms with E-state index in [9.17, 15) is 9.59 Å². The van der Waals surface area contributed by atoms with Crippen LogP contribution in [0.3, 0.4) is 0 Å². The van der Waals surface area contributed by atoms with Crippen molar-refractivity contribution < 1.29 is 19.2 Å². The van der Waals surface area contributed by atoms with E-state index in [1.807, 2.05) is 30.3 Å². The van der Waals surface area contributed by atoms with Crippen LogP contribution in [-0.4, -0.2) is 25.2 Å². The Kier molecular flexibility index (Phi) is 6.56. The fourth-order valence-electron chi connectivity index (χ4n) is 1.54. The van der Waals surface area contributed by atoms with Gasteiger partial charge in [0.05, 0.1) is 13.5 Å². The third-order valence-electron chi connectivity index (χ3n) is 2.53. The number of nitrogens with two attached hydrogens (primary N) is 1. The molecule has 0 saturated carbocycles. The molecule has 0 aliphatic rings. The van der Waals surface area contributed by atoms with Crippen molar-refractivity contribution in [3.8, 4) is 0 Å². The fourth-order valence-corrected chi connectivity index (χ4v) is 1.54. The van der Waals surface area contributed by atoms with Crippen LogP contribution in [0.1, 0.15) is 18.4 Å². The molecule has 1 amide bonds. The molecule has 0 fully saturated rings. The number of nitrogens with one attached hydrogen (secondary N) is 1. The Bertz CT molecular complexity index is 408. The summed E-state index contributed by atoms with van der Waals surface area (Å²) in [7, 11) is 1.30. The Labute approximate surface area is 111 Å². The second kappa shape index (κ2) is 8.23. The number of ether oxygens (including phenoxy) is 1. The molecule has 1 unspecified atom stereocenters. The molecule has 1 aromatic rings. The van der Waals surface area contributed by atoms with E-state index in [4.69, 9.17) is 5.90 Å². The summed E-state index contributed by atoms with van der Waals surface area (Å²) in [4.78, 5) is 27.3. The van der Waals surface area contributed by atoms with Crippen LogP contribution < -0.4 is 11.2 Å². The number of esters is 1. The smallest absolute Gasteiger partial charge is 0.305 e. The molecule has 19 heavy (non-hydrogen) atoms. The van der Waals surface area contributed by atoms with E-state index >= 15 is 0 Å². The molecule has 0 bridgehead atoms. The van der Waals surface area contributed by atoms with Gasteiger partial charge in [-0.1, -0.05) is 30.3 Å². The Balaban J connectivity index is 2.38. The zero-order valence-corrected chi connectivity index (χ0v) is 10.8. The molecular weight excluding hydrogens is 248 g/mol. The highest BCUT2D eigenvalue weighted by atomic mass is 16.6. The minimum Gasteiger partial charge on any atom is -0.469 e. The molecule has 1 atom stereocenters. The van der Waals surface area contributed by atoms with Gasteiger partial charge >= 0.3 is 5.97 Å². The SMILES string of the molecule is COC(=O)CCC(NC(=O)Cc1ccccc1)ON. The summed E-state index contributed by atoms with van der Waals surface area (Å²) < 4.78 is 4.50. The minimum atomic E-state index is -0.699. The van der Waals surface area contributed by atoms with E-state index in [0.29, 0.717) is 0 Å². The van der Waals surface area contributed by atoms with E-state index in [1.54, 1.807) is 0 Å². The first-order valence-corrected chi connectivity index (χ1v) is 5.91. The molecule has 6 nitrogen and oxygen atoms in total. The van der Waals surface area contributed by atoms with Crippen LogP contribution in [0, 0.1) is 0 Å². The van der Waals surface area contributed by atoms with Crippen molar-refractivity contribution in [2.24, 2.45) is 5.90 Å². The van der Waals surface area contributed by atoms with Crippen molar-refractivity contribution >= 4 is 11.9 Å². The van der Waals surface area contributed by atoms with Crippen molar-refractivity contribution in [2.75, 3.05) is 7.11 Å². The van der Waals surface area contributed by atoms with Crippen LogP contribution in [0.2, 0.25) is 0 Å². The zero-order valence-electron chi connectivity index (χ0n) is 10.8. The van der Waals surface area contributed by atoms with Gasteiger partial charge in [0.25, 0.3) is 0 Å². The predicted octanol–water partition coefficient (Wildman–Crippen LogP) is 0.515. The molecule has 1 rings (SSSR count). The molecule has 0 heterocycles. The fraction of sp³-hybridized carbons (Fsp3) is 0.385. The molecule has 0 aromatic heterocycles. The average Bonchev–Trinajstić information content (AvgIpc) is 2.44. The quantitative estimate of drug-likeness (QED) is 0.426. The standard InChI is InChI=1S/C13H18N2O4/c1-18-13(17)8-7-12(19-14)15-11(16)9-10-5-3-2-4-6-10/h2-6,12H,7-9,14H2,1H3,(H,15,16). The maximum absolute atomic E-state index is 11.7. The van der Waals surface area contributed by atoms with Gasteiger partial charge in [-0.3, -0.25) is 14.4 Å². The van der Waals surface area contributed by atoms with Crippen LogP contribution >= 0.6 is 0 Å². The normalized spacial score (nSPS) is 11.7. The molecule has 3 N–H and O–H groups in total. The molecule has 0 aliphatic heterocycles. The number of amides is 1. The highest BCUT2D eigenvalue weighted by molar-refractivity contribution is 5.78. The molecule has 1 aromatic carbocycles. The lowest BCUT2D eigenvalue weighted by Crippen LogP contribution is -2.39. The number of hydrogen-bond donors (Lipinski definition) is 2. The molecular formula is C13H18N2O4. The van der Waals surface area contributed by atoms with Crippen molar-refractivity contribution in [3.63, 3.8) is 0 Å². The van der Waals surface area contributed by atoms with Crippen LogP contribution in [0.25, 0.3) is 0 Å². The second-order valence-electron chi connectivity index (χ2n) is 3.97. The third-order valence-corrected chi connectivity index (χ3v) is 2.53. The van der Waals surface area contributed by atoms with Gasteiger partial charge in [-0.05, 0) is 5.56 Å². The van der Waals surface area contributed by atoms with E-state index < -0.39 is 6.23 Å². The minimum absolute atomic E-state index is 0.129. The van der Waals surface area contributed by atoms with Crippen molar-refractivity contribution in [1.82, 2.24) is 5.32 Å². The van der Waals surface area contributed by atoms with Gasteiger partial charge in [0.1, 0.15) is 0 Å². The number of hydrogen-bond acceptors (Lipinski definition) is 5. The summed E-state index contributed by atoms with van der Waals surface area (Å²) in [5, 5.41) is 2.60. The lowest BCUT2D eigenvalue weighted by atomic mass is 10.1. The number of rotatable bonds is 7. The van der Waals surface area contributed by atoms with Gasteiger partial charge in [0.15, 0.2) is 6.23 Å². The molecule has 0 aliphatic carbocycles. The first kappa shape index (κ1) is 15.1. The van der Waals surface area contributed by atoms with Crippen molar-refractivity contribution in [1.29, 1.82) is 0 Å². The second-order valence-corrected chi connectivity index (χ2v) is 3.97. The lowest BCUT2D eigenvalue weighted by molar-refractivity contribution is -0.142. The van der Waals surface area contributed by atoms with E-state index in [1.165, 1.54) is 7.11 Å². The first-order chi connectivity index (χ1) is 9.15. The number of carbonyl (C=O) groups excluding carboxylic acids is 2. The highest BCUT2D eigenvalue weighted by Crippen LogP contribution is 2.02. The van der Waals surface area contributed by atoms with Gasteiger partial charge in [0.2, 0.25) is 5.91 Å². The van der Waals surface area contributed by atoms with Crippen LogP contribution in [0.15, 0.2) is 30.3 Å². The monoisotopic (exact) mass is 266 g/mol. The van der Waals surface area contributed by atoms with E-state index in [-0.39, 0.29) is 31.1 Å². The number of carbonyl (C=O) groups is 2. The Morgan fingerprint density at radius 1 is 1.32 bits per heavy atom. The number of benzene rings is 1. The Morgan fingerprint density at radius 3 is 2.58 bits per heavy atom. The van der Waals surface area contributed by atoms with Crippen molar-refractivity contribution in [3.05, 3.63) is 35.9 Å². The van der Waals surface area contributed by atoms with Gasteiger partial charge in [-0.25, -0.2) is 5.90 Å². The summed E-state index contributed by atoms with van der Waals surface area (Å²) in [6, 6.07) is 9.30. The maximum atomic E-state index is 11.7. The van der Waals surface area contributed by atoms with Gasteiger partial charge in [-0.2, -0.15) is 0 Å². The molecule has 0 spiro atoms.